The van der Waals surface area contributed by atoms with Crippen LogP contribution in [-0.2, 0) is 0 Å². The lowest BCUT2D eigenvalue weighted by Crippen LogP contribution is -1.93. The van der Waals surface area contributed by atoms with E-state index in [0.717, 1.165) is 5.56 Å². The number of hydrogen-bond acceptors (Lipinski definition) is 3. The van der Waals surface area contributed by atoms with Gasteiger partial charge < -0.3 is 5.73 Å². The summed E-state index contributed by atoms with van der Waals surface area (Å²) >= 11 is 0. The van der Waals surface area contributed by atoms with Gasteiger partial charge in [0.1, 0.15) is 0 Å². The predicted octanol–water partition coefficient (Wildman–Crippen LogP) is 3.35. The molecule has 18 heavy (non-hydrogen) atoms. The molecule has 0 bridgehead atoms. The molecule has 0 aromatic heterocycles. The van der Waals surface area contributed by atoms with Gasteiger partial charge in [0.15, 0.2) is 0 Å². The Bertz CT molecular complexity index is 592. The smallest absolute Gasteiger partial charge is 0.278 e. The van der Waals surface area contributed by atoms with E-state index in [1.165, 1.54) is 6.07 Å². The van der Waals surface area contributed by atoms with Crippen LogP contribution < -0.4 is 5.73 Å². The summed E-state index contributed by atoms with van der Waals surface area (Å²) in [5, 5.41) is 10.9. The first-order valence-electron chi connectivity index (χ1n) is 5.44. The van der Waals surface area contributed by atoms with Crippen molar-refractivity contribution in [3.63, 3.8) is 0 Å². The molecule has 0 radical (unpaired) electrons. The Morgan fingerprint density at radius 3 is 2.44 bits per heavy atom. The third kappa shape index (κ3) is 2.74. The first-order valence-corrected chi connectivity index (χ1v) is 5.44. The molecule has 0 amide bonds. The number of anilines is 1. The van der Waals surface area contributed by atoms with Crippen LogP contribution in [0.1, 0.15) is 11.1 Å². The van der Waals surface area contributed by atoms with Gasteiger partial charge in [-0.25, -0.2) is 0 Å². The Morgan fingerprint density at radius 1 is 1.06 bits per heavy atom. The molecule has 4 nitrogen and oxygen atoms in total. The van der Waals surface area contributed by atoms with Crippen molar-refractivity contribution in [3.05, 3.63) is 69.8 Å². The predicted molar refractivity (Wildman–Crippen MR) is 72.9 cm³/mol. The normalized spacial score (nSPS) is 10.7. The maximum absolute atomic E-state index is 10.9. The molecule has 2 aromatic rings. The van der Waals surface area contributed by atoms with Gasteiger partial charge >= 0.3 is 0 Å². The third-order valence-corrected chi connectivity index (χ3v) is 2.51. The fourth-order valence-electron chi connectivity index (χ4n) is 1.61. The largest absolute Gasteiger partial charge is 0.399 e. The lowest BCUT2D eigenvalue weighted by molar-refractivity contribution is -0.385. The van der Waals surface area contributed by atoms with E-state index < -0.39 is 4.92 Å². The van der Waals surface area contributed by atoms with Crippen molar-refractivity contribution in [3.8, 4) is 0 Å². The number of nitro groups is 1. The van der Waals surface area contributed by atoms with Crippen LogP contribution in [0, 0.1) is 10.1 Å². The van der Waals surface area contributed by atoms with Crippen LogP contribution in [0.3, 0.4) is 0 Å². The van der Waals surface area contributed by atoms with Crippen LogP contribution in [-0.4, -0.2) is 4.92 Å². The van der Waals surface area contributed by atoms with Gasteiger partial charge in [-0.1, -0.05) is 36.4 Å². The molecule has 0 spiro atoms. The average molecular weight is 240 g/mol. The van der Waals surface area contributed by atoms with Crippen molar-refractivity contribution < 1.29 is 4.92 Å². The van der Waals surface area contributed by atoms with E-state index in [-0.39, 0.29) is 5.69 Å². The SMILES string of the molecule is Nc1ccc(/C=C/c2ccccc2)c([N+](=O)[O-])c1. The molecular weight excluding hydrogens is 228 g/mol. The molecule has 90 valence electrons. The van der Waals surface area contributed by atoms with Crippen LogP contribution in [0.2, 0.25) is 0 Å². The van der Waals surface area contributed by atoms with Crippen molar-refractivity contribution >= 4 is 23.5 Å². The Morgan fingerprint density at radius 2 is 1.78 bits per heavy atom. The van der Waals surface area contributed by atoms with Gasteiger partial charge in [-0.15, -0.1) is 0 Å². The topological polar surface area (TPSA) is 69.2 Å². The summed E-state index contributed by atoms with van der Waals surface area (Å²) in [5.74, 6) is 0. The Kier molecular flexibility index (Phi) is 3.38. The molecule has 2 N–H and O–H groups in total. The van der Waals surface area contributed by atoms with Gasteiger partial charge in [0.05, 0.1) is 10.5 Å². The van der Waals surface area contributed by atoms with E-state index in [1.54, 1.807) is 18.2 Å². The van der Waals surface area contributed by atoms with Crippen LogP contribution in [0.25, 0.3) is 12.2 Å². The summed E-state index contributed by atoms with van der Waals surface area (Å²) in [6.07, 6.45) is 3.55. The molecule has 0 atom stereocenters. The summed E-state index contributed by atoms with van der Waals surface area (Å²) in [6.45, 7) is 0. The lowest BCUT2D eigenvalue weighted by Gasteiger charge is -1.99. The van der Waals surface area contributed by atoms with Gasteiger partial charge in [-0.3, -0.25) is 10.1 Å². The number of nitro benzene ring substituents is 1. The average Bonchev–Trinajstić information content (AvgIpc) is 2.38. The highest BCUT2D eigenvalue weighted by Gasteiger charge is 2.11. The van der Waals surface area contributed by atoms with E-state index in [4.69, 9.17) is 5.73 Å². The van der Waals surface area contributed by atoms with Crippen molar-refractivity contribution in [1.29, 1.82) is 0 Å². The number of nitrogens with zero attached hydrogens (tertiary/aromatic N) is 1. The molecule has 0 saturated carbocycles. The zero-order valence-electron chi connectivity index (χ0n) is 9.61. The number of benzene rings is 2. The summed E-state index contributed by atoms with van der Waals surface area (Å²) in [4.78, 5) is 10.5. The third-order valence-electron chi connectivity index (χ3n) is 2.51. The van der Waals surface area contributed by atoms with E-state index in [2.05, 4.69) is 0 Å². The van der Waals surface area contributed by atoms with Crippen molar-refractivity contribution in [2.24, 2.45) is 0 Å². The lowest BCUT2D eigenvalue weighted by atomic mass is 10.1. The summed E-state index contributed by atoms with van der Waals surface area (Å²) in [6, 6.07) is 14.3. The Labute approximate surface area is 105 Å². The fraction of sp³-hybridized carbons (Fsp3) is 0. The molecular formula is C14H12N2O2. The fourth-order valence-corrected chi connectivity index (χ4v) is 1.61. The molecule has 0 fully saturated rings. The molecule has 0 aliphatic carbocycles. The van der Waals surface area contributed by atoms with Crippen molar-refractivity contribution in [2.45, 2.75) is 0 Å². The minimum atomic E-state index is -0.430. The first-order chi connectivity index (χ1) is 8.66. The van der Waals surface area contributed by atoms with Crippen molar-refractivity contribution in [2.75, 3.05) is 5.73 Å². The number of nitrogen functional groups attached to an aromatic ring is 1. The van der Waals surface area contributed by atoms with E-state index in [9.17, 15) is 10.1 Å². The maximum Gasteiger partial charge on any atom is 0.278 e. The minimum absolute atomic E-state index is 0.0159. The van der Waals surface area contributed by atoms with Crippen LogP contribution in [0.4, 0.5) is 11.4 Å². The second-order valence-corrected chi connectivity index (χ2v) is 3.82. The highest BCUT2D eigenvalue weighted by Crippen LogP contribution is 2.23. The van der Waals surface area contributed by atoms with Gasteiger partial charge in [-0.2, -0.15) is 0 Å². The number of nitrogens with two attached hydrogens (primary N) is 1. The maximum atomic E-state index is 10.9. The standard InChI is InChI=1S/C14H12N2O2/c15-13-9-8-12(14(10-13)16(17)18)7-6-11-4-2-1-3-5-11/h1-10H,15H2/b7-6+. The van der Waals surface area contributed by atoms with Crippen LogP contribution in [0.15, 0.2) is 48.5 Å². The van der Waals surface area contributed by atoms with Gasteiger partial charge in [0.2, 0.25) is 0 Å². The first kappa shape index (κ1) is 11.9. The van der Waals surface area contributed by atoms with E-state index in [0.29, 0.717) is 11.3 Å². The summed E-state index contributed by atoms with van der Waals surface area (Å²) in [7, 11) is 0. The molecule has 0 aliphatic rings. The second kappa shape index (κ2) is 5.14. The van der Waals surface area contributed by atoms with Gasteiger partial charge in [0.25, 0.3) is 5.69 Å². The Hall–Kier alpha value is -2.62. The molecule has 0 aliphatic heterocycles. The number of rotatable bonds is 3. The molecule has 2 aromatic carbocycles. The Balaban J connectivity index is 2.35. The highest BCUT2D eigenvalue weighted by molar-refractivity contribution is 5.75. The quantitative estimate of drug-likeness (QED) is 0.387. The number of hydrogen-bond donors (Lipinski definition) is 1. The summed E-state index contributed by atoms with van der Waals surface area (Å²) in [5.41, 5.74) is 7.48. The zero-order valence-corrected chi connectivity index (χ0v) is 9.61. The van der Waals surface area contributed by atoms with Gasteiger partial charge in [-0.05, 0) is 23.8 Å². The zero-order chi connectivity index (χ0) is 13.0. The summed E-state index contributed by atoms with van der Waals surface area (Å²) < 4.78 is 0. The second-order valence-electron chi connectivity index (χ2n) is 3.82. The van der Waals surface area contributed by atoms with Crippen LogP contribution in [0.5, 0.6) is 0 Å². The molecule has 4 heteroatoms. The minimum Gasteiger partial charge on any atom is -0.399 e. The van der Waals surface area contributed by atoms with E-state index in [1.807, 2.05) is 36.4 Å². The van der Waals surface area contributed by atoms with Gasteiger partial charge in [0, 0.05) is 11.8 Å². The molecule has 0 saturated heterocycles. The monoisotopic (exact) mass is 240 g/mol. The van der Waals surface area contributed by atoms with Crippen LogP contribution >= 0.6 is 0 Å². The van der Waals surface area contributed by atoms with Crippen molar-refractivity contribution in [1.82, 2.24) is 0 Å². The molecule has 2 rings (SSSR count). The van der Waals surface area contributed by atoms with E-state index >= 15 is 0 Å². The highest BCUT2D eigenvalue weighted by atomic mass is 16.6. The molecule has 0 heterocycles. The molecule has 0 unspecified atom stereocenters.